The van der Waals surface area contributed by atoms with Crippen LogP contribution in [0, 0.1) is 6.92 Å². The van der Waals surface area contributed by atoms with Crippen LogP contribution >= 0.6 is 0 Å². The van der Waals surface area contributed by atoms with Crippen LogP contribution in [0.5, 0.6) is 0 Å². The standard InChI is InChI=1S/C13H18F3NO3S/c1-8-5-6-11(10(7-8)13(14,15)16)21(19,20)17-9(2)12(3,4)18/h5-7,9,17-18H,1-4H3. The lowest BCUT2D eigenvalue weighted by molar-refractivity contribution is -0.139. The quantitative estimate of drug-likeness (QED) is 0.893. The van der Waals surface area contributed by atoms with Crippen molar-refractivity contribution in [3.63, 3.8) is 0 Å². The van der Waals surface area contributed by atoms with Crippen molar-refractivity contribution in [1.82, 2.24) is 4.72 Å². The van der Waals surface area contributed by atoms with Gasteiger partial charge in [0.1, 0.15) is 0 Å². The smallest absolute Gasteiger partial charge is 0.389 e. The van der Waals surface area contributed by atoms with Crippen LogP contribution in [0.3, 0.4) is 0 Å². The van der Waals surface area contributed by atoms with Crippen LogP contribution in [0.4, 0.5) is 13.2 Å². The highest BCUT2D eigenvalue weighted by molar-refractivity contribution is 7.89. The van der Waals surface area contributed by atoms with E-state index < -0.39 is 38.3 Å². The molecule has 0 aliphatic heterocycles. The SMILES string of the molecule is Cc1ccc(S(=O)(=O)NC(C)C(C)(C)O)c(C(F)(F)F)c1. The van der Waals surface area contributed by atoms with Gasteiger partial charge in [0, 0.05) is 6.04 Å². The number of hydrogen-bond acceptors (Lipinski definition) is 3. The molecule has 0 aliphatic rings. The van der Waals surface area contributed by atoms with E-state index in [0.29, 0.717) is 5.56 Å². The zero-order valence-electron chi connectivity index (χ0n) is 12.1. The lowest BCUT2D eigenvalue weighted by Gasteiger charge is -2.27. The van der Waals surface area contributed by atoms with Gasteiger partial charge < -0.3 is 5.11 Å². The maximum absolute atomic E-state index is 13.0. The van der Waals surface area contributed by atoms with Gasteiger partial charge in [0.25, 0.3) is 0 Å². The van der Waals surface area contributed by atoms with Crippen molar-refractivity contribution in [2.75, 3.05) is 0 Å². The summed E-state index contributed by atoms with van der Waals surface area (Å²) < 4.78 is 65.3. The summed E-state index contributed by atoms with van der Waals surface area (Å²) >= 11 is 0. The molecular formula is C13H18F3NO3S. The first-order valence-electron chi connectivity index (χ1n) is 6.17. The number of benzene rings is 1. The summed E-state index contributed by atoms with van der Waals surface area (Å²) in [6.45, 7) is 5.54. The Hall–Kier alpha value is -1.12. The van der Waals surface area contributed by atoms with Gasteiger partial charge in [-0.25, -0.2) is 13.1 Å². The molecule has 0 fully saturated rings. The molecular weight excluding hydrogens is 307 g/mol. The van der Waals surface area contributed by atoms with E-state index in [9.17, 15) is 26.7 Å². The third-order valence-corrected chi connectivity index (χ3v) is 4.72. The number of hydrogen-bond donors (Lipinski definition) is 2. The predicted octanol–water partition coefficient (Wildman–Crippen LogP) is 2.45. The summed E-state index contributed by atoms with van der Waals surface area (Å²) in [5, 5.41) is 9.72. The fourth-order valence-electron chi connectivity index (χ4n) is 1.54. The summed E-state index contributed by atoms with van der Waals surface area (Å²) in [5.74, 6) is 0. The molecule has 4 nitrogen and oxygen atoms in total. The lowest BCUT2D eigenvalue weighted by atomic mass is 10.0. The molecule has 0 saturated heterocycles. The summed E-state index contributed by atoms with van der Waals surface area (Å²) in [4.78, 5) is -0.850. The zero-order valence-corrected chi connectivity index (χ0v) is 12.9. The van der Waals surface area contributed by atoms with Gasteiger partial charge in [-0.05, 0) is 39.8 Å². The fraction of sp³-hybridized carbons (Fsp3) is 0.538. The van der Waals surface area contributed by atoms with Crippen molar-refractivity contribution in [2.45, 2.75) is 50.4 Å². The second kappa shape index (κ2) is 5.58. The van der Waals surface area contributed by atoms with E-state index >= 15 is 0 Å². The first-order valence-corrected chi connectivity index (χ1v) is 7.66. The summed E-state index contributed by atoms with van der Waals surface area (Å²) in [5.41, 5.74) is -2.33. The van der Waals surface area contributed by atoms with Crippen molar-refractivity contribution >= 4 is 10.0 Å². The Balaban J connectivity index is 3.33. The number of alkyl halides is 3. The van der Waals surface area contributed by atoms with Crippen molar-refractivity contribution in [2.24, 2.45) is 0 Å². The van der Waals surface area contributed by atoms with Crippen LogP contribution < -0.4 is 4.72 Å². The summed E-state index contributed by atoms with van der Waals surface area (Å²) in [7, 11) is -4.40. The second-order valence-corrected chi connectivity index (χ2v) is 7.18. The molecule has 1 atom stereocenters. The molecule has 0 amide bonds. The van der Waals surface area contributed by atoms with Crippen LogP contribution in [0.15, 0.2) is 23.1 Å². The van der Waals surface area contributed by atoms with Crippen LogP contribution in [0.2, 0.25) is 0 Å². The number of nitrogens with one attached hydrogen (secondary N) is 1. The molecule has 0 radical (unpaired) electrons. The minimum atomic E-state index is -4.78. The average molecular weight is 325 g/mol. The normalized spacial score (nSPS) is 15.0. The van der Waals surface area contributed by atoms with Crippen LogP contribution in [-0.2, 0) is 16.2 Å². The molecule has 1 aromatic carbocycles. The highest BCUT2D eigenvalue weighted by Crippen LogP contribution is 2.35. The van der Waals surface area contributed by atoms with Gasteiger partial charge in [0.2, 0.25) is 10.0 Å². The molecule has 1 aromatic rings. The molecule has 0 aliphatic carbocycles. The minimum absolute atomic E-state index is 0.303. The third-order valence-electron chi connectivity index (χ3n) is 3.12. The number of halogens is 3. The number of rotatable bonds is 4. The molecule has 1 rings (SSSR count). The summed E-state index contributed by atoms with van der Waals surface area (Å²) in [6, 6.07) is 2.03. The van der Waals surface area contributed by atoms with Crippen molar-refractivity contribution in [1.29, 1.82) is 0 Å². The Morgan fingerprint density at radius 3 is 2.19 bits per heavy atom. The van der Waals surface area contributed by atoms with Gasteiger partial charge in [-0.15, -0.1) is 0 Å². The van der Waals surface area contributed by atoms with Gasteiger partial charge in [0.15, 0.2) is 0 Å². The van der Waals surface area contributed by atoms with E-state index in [4.69, 9.17) is 0 Å². The predicted molar refractivity (Wildman–Crippen MR) is 72.3 cm³/mol. The molecule has 0 bridgehead atoms. The number of aryl methyl sites for hydroxylation is 1. The van der Waals surface area contributed by atoms with Gasteiger partial charge in [-0.3, -0.25) is 0 Å². The maximum Gasteiger partial charge on any atom is 0.417 e. The maximum atomic E-state index is 13.0. The fourth-order valence-corrected chi connectivity index (χ4v) is 3.13. The number of sulfonamides is 1. The van der Waals surface area contributed by atoms with E-state index in [1.807, 2.05) is 0 Å². The van der Waals surface area contributed by atoms with E-state index in [0.717, 1.165) is 12.1 Å². The van der Waals surface area contributed by atoms with Crippen molar-refractivity contribution in [3.05, 3.63) is 29.3 Å². The Bertz CT molecular complexity index is 619. The molecule has 1 unspecified atom stereocenters. The number of aliphatic hydroxyl groups is 1. The van der Waals surface area contributed by atoms with Crippen molar-refractivity contribution < 1.29 is 26.7 Å². The lowest BCUT2D eigenvalue weighted by Crippen LogP contribution is -2.47. The monoisotopic (exact) mass is 325 g/mol. The van der Waals surface area contributed by atoms with E-state index in [1.54, 1.807) is 0 Å². The van der Waals surface area contributed by atoms with Gasteiger partial charge in [0.05, 0.1) is 16.1 Å². The first-order chi connectivity index (χ1) is 9.25. The molecule has 2 N–H and O–H groups in total. The van der Waals surface area contributed by atoms with Crippen molar-refractivity contribution in [3.8, 4) is 0 Å². The molecule has 8 heteroatoms. The van der Waals surface area contributed by atoms with Gasteiger partial charge in [-0.1, -0.05) is 11.6 Å². The van der Waals surface area contributed by atoms with E-state index in [2.05, 4.69) is 4.72 Å². The average Bonchev–Trinajstić information content (AvgIpc) is 2.25. The van der Waals surface area contributed by atoms with Crippen LogP contribution in [-0.4, -0.2) is 25.2 Å². The molecule has 120 valence electrons. The first kappa shape index (κ1) is 17.9. The third kappa shape index (κ3) is 4.42. The van der Waals surface area contributed by atoms with E-state index in [-0.39, 0.29) is 0 Å². The highest BCUT2D eigenvalue weighted by atomic mass is 32.2. The molecule has 0 aromatic heterocycles. The molecule has 0 saturated carbocycles. The second-order valence-electron chi connectivity index (χ2n) is 5.49. The highest BCUT2D eigenvalue weighted by Gasteiger charge is 2.38. The zero-order chi connectivity index (χ0) is 16.6. The molecule has 0 heterocycles. The van der Waals surface area contributed by atoms with Crippen LogP contribution in [0.1, 0.15) is 31.9 Å². The van der Waals surface area contributed by atoms with E-state index in [1.165, 1.54) is 33.8 Å². The Kier molecular flexibility index (Phi) is 4.77. The largest absolute Gasteiger partial charge is 0.417 e. The van der Waals surface area contributed by atoms with Gasteiger partial charge in [-0.2, -0.15) is 13.2 Å². The molecule has 21 heavy (non-hydrogen) atoms. The Morgan fingerprint density at radius 1 is 1.24 bits per heavy atom. The van der Waals surface area contributed by atoms with Crippen LogP contribution in [0.25, 0.3) is 0 Å². The summed E-state index contributed by atoms with van der Waals surface area (Å²) in [6.07, 6.45) is -4.78. The molecule has 0 spiro atoms. The Labute approximate surface area is 122 Å². The Morgan fingerprint density at radius 2 is 1.76 bits per heavy atom. The van der Waals surface area contributed by atoms with Gasteiger partial charge >= 0.3 is 6.18 Å². The minimum Gasteiger partial charge on any atom is -0.389 e. The topological polar surface area (TPSA) is 66.4 Å².